The number of methoxy groups -OCH3 is 1. The van der Waals surface area contributed by atoms with Crippen molar-refractivity contribution in [2.75, 3.05) is 57.8 Å². The maximum atomic E-state index is 13.8. The number of benzene rings is 4. The van der Waals surface area contributed by atoms with E-state index in [-0.39, 0.29) is 23.9 Å². The minimum absolute atomic E-state index is 0.0389. The Morgan fingerprint density at radius 1 is 0.607 bits per heavy atom. The number of para-hydroxylation sites is 4. The van der Waals surface area contributed by atoms with Gasteiger partial charge in [-0.1, -0.05) is 24.3 Å². The monoisotopic (exact) mass is 761 g/mol. The van der Waals surface area contributed by atoms with Gasteiger partial charge in [-0.05, 0) is 117 Å². The maximum Gasteiger partial charge on any atom is 0.331 e. The molecule has 1 fully saturated rings. The molecule has 4 heterocycles. The summed E-state index contributed by atoms with van der Waals surface area (Å²) in [7, 11) is 3.50. The Hall–Kier alpha value is -5.33. The molecule has 11 nitrogen and oxygen atoms in total. The van der Waals surface area contributed by atoms with Crippen LogP contribution >= 0.6 is 0 Å². The van der Waals surface area contributed by atoms with E-state index in [2.05, 4.69) is 26.8 Å². The van der Waals surface area contributed by atoms with Gasteiger partial charge in [-0.3, -0.25) is 28.1 Å². The molecule has 2 aliphatic heterocycles. The zero-order valence-electron chi connectivity index (χ0n) is 32.5. The normalized spacial score (nSPS) is 15.2. The smallest absolute Gasteiger partial charge is 0.331 e. The molecule has 0 spiro atoms. The number of rotatable bonds is 15. The first-order valence-electron chi connectivity index (χ1n) is 20.0. The Bertz CT molecular complexity index is 2410. The lowest BCUT2D eigenvalue weighted by Crippen LogP contribution is -2.46. The summed E-state index contributed by atoms with van der Waals surface area (Å²) in [5.41, 5.74) is 7.23. The maximum absolute atomic E-state index is 13.8. The second-order valence-electron chi connectivity index (χ2n) is 15.1. The molecule has 12 heteroatoms. The largest absolute Gasteiger partial charge is 0.493 e. The number of hydrogen-bond acceptors (Lipinski definition) is 7. The van der Waals surface area contributed by atoms with Crippen LogP contribution in [0, 0.1) is 5.82 Å². The quantitative estimate of drug-likeness (QED) is 0.117. The van der Waals surface area contributed by atoms with Crippen LogP contribution in [0.5, 0.6) is 11.5 Å². The Labute approximate surface area is 326 Å². The summed E-state index contributed by atoms with van der Waals surface area (Å²) in [5, 5.41) is 0. The van der Waals surface area contributed by atoms with Gasteiger partial charge in [0.15, 0.2) is 18.2 Å². The van der Waals surface area contributed by atoms with Crippen LogP contribution in [0.2, 0.25) is 0 Å². The zero-order valence-corrected chi connectivity index (χ0v) is 32.5. The van der Waals surface area contributed by atoms with E-state index in [0.29, 0.717) is 24.6 Å². The number of aromatic nitrogens is 4. The van der Waals surface area contributed by atoms with Crippen molar-refractivity contribution < 1.29 is 13.9 Å². The average molecular weight is 762 g/mol. The number of aryl methyl sites for hydroxylation is 3. The van der Waals surface area contributed by atoms with Gasteiger partial charge < -0.3 is 14.4 Å². The first-order valence-corrected chi connectivity index (χ1v) is 20.0. The van der Waals surface area contributed by atoms with Crippen molar-refractivity contribution in [1.29, 1.82) is 0 Å². The van der Waals surface area contributed by atoms with Gasteiger partial charge >= 0.3 is 11.4 Å². The third-order valence-corrected chi connectivity index (χ3v) is 11.7. The predicted molar refractivity (Wildman–Crippen MR) is 220 cm³/mol. The van der Waals surface area contributed by atoms with Crippen LogP contribution < -0.4 is 25.8 Å². The van der Waals surface area contributed by atoms with E-state index in [1.54, 1.807) is 16.2 Å². The third kappa shape index (κ3) is 7.85. The van der Waals surface area contributed by atoms with Crippen LogP contribution in [0.25, 0.3) is 22.1 Å². The van der Waals surface area contributed by atoms with Gasteiger partial charge in [0.1, 0.15) is 5.82 Å². The highest BCUT2D eigenvalue weighted by Gasteiger charge is 2.22. The van der Waals surface area contributed by atoms with E-state index in [9.17, 15) is 14.0 Å². The number of unbranched alkanes of at least 4 members (excludes halogenated alkanes) is 2. The molecule has 0 bridgehead atoms. The minimum atomic E-state index is -0.206. The fourth-order valence-electron chi connectivity index (χ4n) is 8.50. The van der Waals surface area contributed by atoms with E-state index in [0.717, 1.165) is 112 Å². The first-order chi connectivity index (χ1) is 27.4. The lowest BCUT2D eigenvalue weighted by Gasteiger charge is -2.36. The van der Waals surface area contributed by atoms with Crippen molar-refractivity contribution in [2.45, 2.75) is 58.5 Å². The number of anilines is 1. The van der Waals surface area contributed by atoms with Crippen molar-refractivity contribution in [1.82, 2.24) is 28.1 Å². The van der Waals surface area contributed by atoms with Gasteiger partial charge in [-0.15, -0.1) is 0 Å². The summed E-state index contributed by atoms with van der Waals surface area (Å²) in [6.45, 7) is 8.95. The lowest BCUT2D eigenvalue weighted by atomic mass is 9.98. The molecular formula is C44H52FN7O4. The van der Waals surface area contributed by atoms with Crippen LogP contribution in [0.4, 0.5) is 10.1 Å². The SMILES string of the molecule is COc1cc2c(cc1OCn1c(=O)n(CCCCN3CCN(c4ccc(F)cc4)CC3)c3ccccc31)CCN(CCCCn1c(=O)n(C)c3ccccc31)C2. The van der Waals surface area contributed by atoms with Gasteiger partial charge in [0.25, 0.3) is 0 Å². The van der Waals surface area contributed by atoms with Crippen molar-refractivity contribution in [3.8, 4) is 11.5 Å². The van der Waals surface area contributed by atoms with Gasteiger partial charge in [-0.25, -0.2) is 14.0 Å². The van der Waals surface area contributed by atoms with Crippen LogP contribution in [0.3, 0.4) is 0 Å². The Morgan fingerprint density at radius 3 is 1.86 bits per heavy atom. The highest BCUT2D eigenvalue weighted by Crippen LogP contribution is 2.34. The number of imidazole rings is 2. The molecule has 2 aliphatic rings. The fraction of sp³-hybridized carbons (Fsp3) is 0.409. The number of halogens is 1. The molecule has 0 saturated carbocycles. The lowest BCUT2D eigenvalue weighted by molar-refractivity contribution is 0.220. The summed E-state index contributed by atoms with van der Waals surface area (Å²) >= 11 is 0. The molecule has 0 atom stereocenters. The van der Waals surface area contributed by atoms with Crippen LogP contribution in [0.1, 0.15) is 36.8 Å². The summed E-state index contributed by atoms with van der Waals surface area (Å²) in [5.74, 6) is 1.10. The number of piperazine rings is 1. The molecular weight excluding hydrogens is 710 g/mol. The standard InChI is InChI=1S/C44H52FN7O4/c1-46-37-11-3-4-12-38(37)50(43(46)53)22-10-8-21-48-24-19-33-29-42(41(55-2)30-34(33)31-48)56-32-52-40-14-6-5-13-39(40)51(44(52)54)23-9-7-20-47-25-27-49(28-26-47)36-17-15-35(45)16-18-36/h3-6,11-18,29-30H,7-10,19-28,31-32H2,1-2H3. The number of nitrogens with zero attached hydrogens (tertiary/aromatic N) is 7. The summed E-state index contributed by atoms with van der Waals surface area (Å²) < 4.78 is 32.8. The van der Waals surface area contributed by atoms with Gasteiger partial charge in [-0.2, -0.15) is 0 Å². The number of fused-ring (bicyclic) bond motifs is 3. The minimum Gasteiger partial charge on any atom is -0.493 e. The summed E-state index contributed by atoms with van der Waals surface area (Å²) in [4.78, 5) is 33.9. The molecule has 8 rings (SSSR count). The summed E-state index contributed by atoms with van der Waals surface area (Å²) in [6.07, 6.45) is 4.73. The Balaban J connectivity index is 0.844. The third-order valence-electron chi connectivity index (χ3n) is 11.7. The number of hydrogen-bond donors (Lipinski definition) is 0. The van der Waals surface area contributed by atoms with Gasteiger partial charge in [0.2, 0.25) is 0 Å². The number of ether oxygens (including phenoxy) is 2. The van der Waals surface area contributed by atoms with E-state index in [1.165, 1.54) is 23.3 Å². The van der Waals surface area contributed by atoms with Crippen molar-refractivity contribution >= 4 is 27.8 Å². The molecule has 6 aromatic rings. The Morgan fingerprint density at radius 2 is 1.18 bits per heavy atom. The van der Waals surface area contributed by atoms with Crippen LogP contribution in [0.15, 0.2) is 94.5 Å². The van der Waals surface area contributed by atoms with Gasteiger partial charge in [0.05, 0.1) is 29.2 Å². The molecule has 56 heavy (non-hydrogen) atoms. The van der Waals surface area contributed by atoms with Crippen molar-refractivity contribution in [3.05, 3.63) is 123 Å². The summed E-state index contributed by atoms with van der Waals surface area (Å²) in [6, 6.07) is 26.8. The average Bonchev–Trinajstić information content (AvgIpc) is 3.64. The zero-order chi connectivity index (χ0) is 38.6. The predicted octanol–water partition coefficient (Wildman–Crippen LogP) is 6.08. The van der Waals surface area contributed by atoms with E-state index >= 15 is 0 Å². The molecule has 0 amide bonds. The van der Waals surface area contributed by atoms with Crippen LogP contribution in [-0.2, 0) is 39.8 Å². The molecule has 1 saturated heterocycles. The van der Waals surface area contributed by atoms with Crippen molar-refractivity contribution in [3.63, 3.8) is 0 Å². The van der Waals surface area contributed by atoms with Gasteiger partial charge in [0, 0.05) is 65.1 Å². The molecule has 0 radical (unpaired) electrons. The highest BCUT2D eigenvalue weighted by molar-refractivity contribution is 5.76. The molecule has 0 unspecified atom stereocenters. The van der Waals surface area contributed by atoms with E-state index in [1.807, 2.05) is 76.8 Å². The van der Waals surface area contributed by atoms with E-state index in [4.69, 9.17) is 9.47 Å². The molecule has 4 aromatic carbocycles. The topological polar surface area (TPSA) is 82.0 Å². The molecule has 0 N–H and O–H groups in total. The van der Waals surface area contributed by atoms with E-state index < -0.39 is 0 Å². The highest BCUT2D eigenvalue weighted by atomic mass is 19.1. The van der Waals surface area contributed by atoms with Crippen LogP contribution in [-0.4, -0.2) is 81.0 Å². The fourth-order valence-corrected chi connectivity index (χ4v) is 8.50. The Kier molecular flexibility index (Phi) is 11.3. The van der Waals surface area contributed by atoms with Crippen molar-refractivity contribution in [2.24, 2.45) is 7.05 Å². The second-order valence-corrected chi connectivity index (χ2v) is 15.1. The molecule has 294 valence electrons. The second kappa shape index (κ2) is 16.8. The molecule has 2 aromatic heterocycles. The molecule has 0 aliphatic carbocycles. The first kappa shape index (κ1) is 37.6.